The maximum Gasteiger partial charge on any atom is 0.191 e. The van der Waals surface area contributed by atoms with Crippen LogP contribution in [0.25, 0.3) is 0 Å². The zero-order valence-corrected chi connectivity index (χ0v) is 15.9. The van der Waals surface area contributed by atoms with Gasteiger partial charge in [-0.05, 0) is 37.2 Å². The van der Waals surface area contributed by atoms with E-state index in [1.54, 1.807) is 7.11 Å². The van der Waals surface area contributed by atoms with Crippen molar-refractivity contribution >= 4 is 29.9 Å². The predicted molar refractivity (Wildman–Crippen MR) is 103 cm³/mol. The highest BCUT2D eigenvalue weighted by Crippen LogP contribution is 2.48. The van der Waals surface area contributed by atoms with Crippen molar-refractivity contribution in [1.29, 1.82) is 0 Å². The van der Waals surface area contributed by atoms with Crippen molar-refractivity contribution in [3.05, 3.63) is 35.9 Å². The van der Waals surface area contributed by atoms with Crippen LogP contribution in [0.1, 0.15) is 25.3 Å². The molecule has 0 spiro atoms. The van der Waals surface area contributed by atoms with Crippen molar-refractivity contribution in [2.24, 2.45) is 10.4 Å². The number of nitrogens with one attached hydrogen (secondary N) is 2. The molecular weight excluding hydrogens is 389 g/mol. The molecule has 0 aromatic heterocycles. The van der Waals surface area contributed by atoms with Crippen molar-refractivity contribution in [3.63, 3.8) is 0 Å². The standard InChI is InChI=1S/C17H27N3O.HI/c1-3-18-16(19-11-12-21-2)20-14-17(9-10-17)13-15-7-5-4-6-8-15;/h4-8H,3,9-14H2,1-2H3,(H2,18,19,20);1H. The van der Waals surface area contributed by atoms with Crippen LogP contribution in [0.2, 0.25) is 0 Å². The van der Waals surface area contributed by atoms with Crippen LogP contribution in [0, 0.1) is 5.41 Å². The Morgan fingerprint density at radius 3 is 2.55 bits per heavy atom. The first kappa shape index (κ1) is 19.2. The van der Waals surface area contributed by atoms with E-state index in [-0.39, 0.29) is 24.0 Å². The van der Waals surface area contributed by atoms with Gasteiger partial charge in [0.1, 0.15) is 0 Å². The fourth-order valence-electron chi connectivity index (χ4n) is 2.46. The quantitative estimate of drug-likeness (QED) is 0.296. The van der Waals surface area contributed by atoms with E-state index in [2.05, 4.69) is 47.9 Å². The molecule has 2 N–H and O–H groups in total. The van der Waals surface area contributed by atoms with Gasteiger partial charge in [-0.15, -0.1) is 24.0 Å². The molecule has 0 atom stereocenters. The zero-order chi connectivity index (χ0) is 15.0. The summed E-state index contributed by atoms with van der Waals surface area (Å²) in [5.41, 5.74) is 1.80. The second-order valence-electron chi connectivity index (χ2n) is 5.78. The van der Waals surface area contributed by atoms with Gasteiger partial charge in [-0.2, -0.15) is 0 Å². The first-order valence-corrected chi connectivity index (χ1v) is 7.83. The lowest BCUT2D eigenvalue weighted by molar-refractivity contribution is 0.203. The smallest absolute Gasteiger partial charge is 0.191 e. The van der Waals surface area contributed by atoms with E-state index >= 15 is 0 Å². The Morgan fingerprint density at radius 1 is 1.23 bits per heavy atom. The van der Waals surface area contributed by atoms with Gasteiger partial charge in [-0.25, -0.2) is 0 Å². The predicted octanol–water partition coefficient (Wildman–Crippen LogP) is 2.83. The van der Waals surface area contributed by atoms with Gasteiger partial charge in [0.05, 0.1) is 6.61 Å². The third kappa shape index (κ3) is 6.52. The third-order valence-electron chi connectivity index (χ3n) is 3.89. The number of aliphatic imine (C=N–C) groups is 1. The van der Waals surface area contributed by atoms with Gasteiger partial charge >= 0.3 is 0 Å². The normalized spacial score (nSPS) is 15.8. The summed E-state index contributed by atoms with van der Waals surface area (Å²) in [4.78, 5) is 4.75. The summed E-state index contributed by atoms with van der Waals surface area (Å²) in [6, 6.07) is 10.7. The number of halogens is 1. The van der Waals surface area contributed by atoms with Gasteiger partial charge in [0.25, 0.3) is 0 Å². The average Bonchev–Trinajstić information content (AvgIpc) is 3.26. The van der Waals surface area contributed by atoms with Crippen molar-refractivity contribution in [1.82, 2.24) is 10.6 Å². The van der Waals surface area contributed by atoms with Crippen LogP contribution >= 0.6 is 24.0 Å². The Labute approximate surface area is 151 Å². The second kappa shape index (κ2) is 10.0. The van der Waals surface area contributed by atoms with Crippen molar-refractivity contribution in [2.45, 2.75) is 26.2 Å². The number of ether oxygens (including phenoxy) is 1. The Kier molecular flexibility index (Phi) is 8.78. The Bertz CT molecular complexity index is 446. The number of hydrogen-bond acceptors (Lipinski definition) is 2. The molecular formula is C17H28IN3O. The topological polar surface area (TPSA) is 45.7 Å². The van der Waals surface area contributed by atoms with Gasteiger partial charge < -0.3 is 15.4 Å². The summed E-state index contributed by atoms with van der Waals surface area (Å²) >= 11 is 0. The van der Waals surface area contributed by atoms with E-state index in [1.807, 2.05) is 0 Å². The molecule has 124 valence electrons. The lowest BCUT2D eigenvalue weighted by Gasteiger charge is -2.15. The second-order valence-corrected chi connectivity index (χ2v) is 5.78. The van der Waals surface area contributed by atoms with Crippen molar-refractivity contribution in [2.75, 3.05) is 33.4 Å². The minimum absolute atomic E-state index is 0. The Balaban J connectivity index is 0.00000242. The molecule has 0 aliphatic heterocycles. The van der Waals surface area contributed by atoms with E-state index in [4.69, 9.17) is 9.73 Å². The van der Waals surface area contributed by atoms with Gasteiger partial charge in [-0.1, -0.05) is 30.3 Å². The van der Waals surface area contributed by atoms with E-state index < -0.39 is 0 Å². The number of benzene rings is 1. The maximum atomic E-state index is 5.06. The monoisotopic (exact) mass is 417 g/mol. The number of rotatable bonds is 8. The highest BCUT2D eigenvalue weighted by molar-refractivity contribution is 14.0. The SMILES string of the molecule is CCNC(=NCC1(Cc2ccccc2)CC1)NCCOC.I. The van der Waals surface area contributed by atoms with E-state index in [0.29, 0.717) is 12.0 Å². The van der Waals surface area contributed by atoms with Crippen LogP contribution in [0.5, 0.6) is 0 Å². The van der Waals surface area contributed by atoms with E-state index in [1.165, 1.54) is 18.4 Å². The summed E-state index contributed by atoms with van der Waals surface area (Å²) < 4.78 is 5.06. The molecule has 0 saturated heterocycles. The molecule has 1 saturated carbocycles. The zero-order valence-electron chi connectivity index (χ0n) is 13.6. The number of nitrogens with zero attached hydrogens (tertiary/aromatic N) is 1. The minimum atomic E-state index is 0. The molecule has 1 fully saturated rings. The van der Waals surface area contributed by atoms with Crippen LogP contribution in [0.4, 0.5) is 0 Å². The van der Waals surface area contributed by atoms with Gasteiger partial charge in [-0.3, -0.25) is 4.99 Å². The first-order chi connectivity index (χ1) is 10.3. The molecule has 5 heteroatoms. The molecule has 1 aliphatic carbocycles. The van der Waals surface area contributed by atoms with Gasteiger partial charge in [0.15, 0.2) is 5.96 Å². The summed E-state index contributed by atoms with van der Waals surface area (Å²) in [6.45, 7) is 5.34. The summed E-state index contributed by atoms with van der Waals surface area (Å²) in [6.07, 6.45) is 3.69. The van der Waals surface area contributed by atoms with Gasteiger partial charge in [0.2, 0.25) is 0 Å². The van der Waals surface area contributed by atoms with Crippen LogP contribution in [-0.2, 0) is 11.2 Å². The molecule has 0 bridgehead atoms. The average molecular weight is 417 g/mol. The summed E-state index contributed by atoms with van der Waals surface area (Å²) in [7, 11) is 1.71. The number of guanidine groups is 1. The lowest BCUT2D eigenvalue weighted by Crippen LogP contribution is -2.39. The molecule has 1 aliphatic rings. The van der Waals surface area contributed by atoms with Crippen molar-refractivity contribution < 1.29 is 4.74 Å². The molecule has 0 amide bonds. The number of methoxy groups -OCH3 is 1. The fraction of sp³-hybridized carbons (Fsp3) is 0.588. The van der Waals surface area contributed by atoms with Gasteiger partial charge in [0, 0.05) is 26.7 Å². The fourth-order valence-corrected chi connectivity index (χ4v) is 2.46. The first-order valence-electron chi connectivity index (χ1n) is 7.83. The highest BCUT2D eigenvalue weighted by Gasteiger charge is 2.42. The van der Waals surface area contributed by atoms with Crippen LogP contribution < -0.4 is 10.6 Å². The molecule has 0 radical (unpaired) electrons. The van der Waals surface area contributed by atoms with Crippen molar-refractivity contribution in [3.8, 4) is 0 Å². The Morgan fingerprint density at radius 2 is 1.95 bits per heavy atom. The molecule has 0 heterocycles. The Hall–Kier alpha value is -0.820. The highest BCUT2D eigenvalue weighted by atomic mass is 127. The molecule has 2 rings (SSSR count). The summed E-state index contributed by atoms with van der Waals surface area (Å²) in [5.74, 6) is 0.897. The van der Waals surface area contributed by atoms with E-state index in [0.717, 1.165) is 32.0 Å². The largest absolute Gasteiger partial charge is 0.383 e. The molecule has 1 aromatic rings. The van der Waals surface area contributed by atoms with Crippen LogP contribution in [0.3, 0.4) is 0 Å². The number of hydrogen-bond donors (Lipinski definition) is 2. The molecule has 0 unspecified atom stereocenters. The molecule has 22 heavy (non-hydrogen) atoms. The molecule has 4 nitrogen and oxygen atoms in total. The van der Waals surface area contributed by atoms with E-state index in [9.17, 15) is 0 Å². The maximum absolute atomic E-state index is 5.06. The van der Waals surface area contributed by atoms with Crippen LogP contribution in [-0.4, -0.2) is 39.3 Å². The molecule has 1 aromatic carbocycles. The lowest BCUT2D eigenvalue weighted by atomic mass is 9.97. The summed E-state index contributed by atoms with van der Waals surface area (Å²) in [5, 5.41) is 6.59. The third-order valence-corrected chi connectivity index (χ3v) is 3.89. The van der Waals surface area contributed by atoms with Crippen LogP contribution in [0.15, 0.2) is 35.3 Å². The minimum Gasteiger partial charge on any atom is -0.383 e.